The molecule has 1 aliphatic carbocycles. The van der Waals surface area contributed by atoms with Crippen molar-refractivity contribution < 1.29 is 14.3 Å². The van der Waals surface area contributed by atoms with Crippen molar-refractivity contribution in [3.63, 3.8) is 0 Å². The number of benzene rings is 2. The van der Waals surface area contributed by atoms with E-state index < -0.39 is 0 Å². The highest BCUT2D eigenvalue weighted by atomic mass is 35.5. The third-order valence-electron chi connectivity index (χ3n) is 5.81. The minimum absolute atomic E-state index is 0.0887. The summed E-state index contributed by atoms with van der Waals surface area (Å²) in [4.78, 5) is 24.6. The number of aryl methyl sites for hydroxylation is 1. The number of rotatable bonds is 9. The lowest BCUT2D eigenvalue weighted by molar-refractivity contribution is -0.121. The Hall–Kier alpha value is -2.86. The maximum atomic E-state index is 12.5. The molecule has 6 nitrogen and oxygen atoms in total. The molecule has 0 atom stereocenters. The van der Waals surface area contributed by atoms with Crippen LogP contribution < -0.4 is 15.5 Å². The molecule has 3 rings (SSSR count). The molecule has 1 saturated carbocycles. The van der Waals surface area contributed by atoms with Gasteiger partial charge in [-0.05, 0) is 74.6 Å². The third kappa shape index (κ3) is 7.90. The molecule has 1 aliphatic rings. The smallest absolute Gasteiger partial charge is 0.240 e. The number of ether oxygens (including phenoxy) is 1. The molecule has 0 bridgehead atoms. The molecule has 0 saturated heterocycles. The largest absolute Gasteiger partial charge is 0.493 e. The SMILES string of the molecule is C/C(=N/NC(=O)CCCOc1ccc(Cl)cc1C)c1cccc(NC(=O)C2CCCCC2)c1. The zero-order valence-corrected chi connectivity index (χ0v) is 20.1. The van der Waals surface area contributed by atoms with Gasteiger partial charge in [0, 0.05) is 23.0 Å². The van der Waals surface area contributed by atoms with E-state index in [1.165, 1.54) is 6.42 Å². The number of hydrazone groups is 1. The summed E-state index contributed by atoms with van der Waals surface area (Å²) in [6, 6.07) is 13.0. The number of hydrogen-bond acceptors (Lipinski definition) is 4. The minimum atomic E-state index is -0.174. The van der Waals surface area contributed by atoms with E-state index in [4.69, 9.17) is 16.3 Å². The Labute approximate surface area is 200 Å². The van der Waals surface area contributed by atoms with Crippen LogP contribution in [0.2, 0.25) is 5.02 Å². The van der Waals surface area contributed by atoms with Crippen LogP contribution in [-0.4, -0.2) is 24.1 Å². The number of hydrogen-bond donors (Lipinski definition) is 2. The van der Waals surface area contributed by atoms with Crippen LogP contribution >= 0.6 is 11.6 Å². The van der Waals surface area contributed by atoms with Crippen molar-refractivity contribution in [2.45, 2.75) is 58.8 Å². The van der Waals surface area contributed by atoms with Crippen molar-refractivity contribution in [3.8, 4) is 5.75 Å². The van der Waals surface area contributed by atoms with Crippen molar-refractivity contribution in [3.05, 3.63) is 58.6 Å². The van der Waals surface area contributed by atoms with Crippen molar-refractivity contribution in [1.29, 1.82) is 0 Å². The van der Waals surface area contributed by atoms with Gasteiger partial charge in [0.25, 0.3) is 0 Å². The summed E-state index contributed by atoms with van der Waals surface area (Å²) >= 11 is 5.95. The van der Waals surface area contributed by atoms with E-state index in [0.717, 1.165) is 48.2 Å². The molecular weight excluding hydrogens is 438 g/mol. The number of nitrogens with zero attached hydrogens (tertiary/aromatic N) is 1. The van der Waals surface area contributed by atoms with Gasteiger partial charge in [-0.15, -0.1) is 0 Å². The van der Waals surface area contributed by atoms with E-state index in [2.05, 4.69) is 15.8 Å². The molecule has 0 radical (unpaired) electrons. The van der Waals surface area contributed by atoms with E-state index in [1.807, 2.05) is 50.2 Å². The zero-order chi connectivity index (χ0) is 23.6. The van der Waals surface area contributed by atoms with Crippen molar-refractivity contribution in [2.24, 2.45) is 11.0 Å². The lowest BCUT2D eigenvalue weighted by Gasteiger charge is -2.20. The normalized spacial score (nSPS) is 14.6. The van der Waals surface area contributed by atoms with Gasteiger partial charge in [-0.2, -0.15) is 5.10 Å². The molecule has 0 unspecified atom stereocenters. The molecule has 0 aliphatic heterocycles. The summed E-state index contributed by atoms with van der Waals surface area (Å²) in [7, 11) is 0. The molecular formula is C26H32ClN3O3. The van der Waals surface area contributed by atoms with E-state index in [-0.39, 0.29) is 17.7 Å². The highest BCUT2D eigenvalue weighted by Crippen LogP contribution is 2.25. The topological polar surface area (TPSA) is 79.8 Å². The summed E-state index contributed by atoms with van der Waals surface area (Å²) in [6.07, 6.45) is 6.26. The first kappa shape index (κ1) is 24.8. The summed E-state index contributed by atoms with van der Waals surface area (Å²) in [5.41, 5.74) is 5.83. The molecule has 2 N–H and O–H groups in total. The summed E-state index contributed by atoms with van der Waals surface area (Å²) in [5.74, 6) is 0.784. The van der Waals surface area contributed by atoms with Gasteiger partial charge < -0.3 is 10.1 Å². The number of amides is 2. The first-order chi connectivity index (χ1) is 15.9. The first-order valence-corrected chi connectivity index (χ1v) is 11.9. The molecule has 0 aromatic heterocycles. The van der Waals surface area contributed by atoms with Crippen LogP contribution in [0.3, 0.4) is 0 Å². The Morgan fingerprint density at radius 3 is 2.67 bits per heavy atom. The maximum absolute atomic E-state index is 12.5. The van der Waals surface area contributed by atoms with Crippen LogP contribution in [0.5, 0.6) is 5.75 Å². The summed E-state index contributed by atoms with van der Waals surface area (Å²) < 4.78 is 5.72. The van der Waals surface area contributed by atoms with Crippen molar-refractivity contribution in [1.82, 2.24) is 5.43 Å². The van der Waals surface area contributed by atoms with E-state index in [9.17, 15) is 9.59 Å². The Morgan fingerprint density at radius 1 is 1.12 bits per heavy atom. The Balaban J connectivity index is 1.44. The lowest BCUT2D eigenvalue weighted by Crippen LogP contribution is -2.24. The molecule has 33 heavy (non-hydrogen) atoms. The van der Waals surface area contributed by atoms with Gasteiger partial charge in [-0.1, -0.05) is 43.0 Å². The molecule has 2 aromatic carbocycles. The van der Waals surface area contributed by atoms with Crippen molar-refractivity contribution in [2.75, 3.05) is 11.9 Å². The van der Waals surface area contributed by atoms with E-state index >= 15 is 0 Å². The van der Waals surface area contributed by atoms with Gasteiger partial charge in [0.05, 0.1) is 12.3 Å². The van der Waals surface area contributed by atoms with Gasteiger partial charge in [-0.3, -0.25) is 9.59 Å². The number of carbonyl (C=O) groups is 2. The van der Waals surface area contributed by atoms with Gasteiger partial charge in [0.15, 0.2) is 0 Å². The summed E-state index contributed by atoms with van der Waals surface area (Å²) in [5, 5.41) is 7.91. The number of halogens is 1. The minimum Gasteiger partial charge on any atom is -0.493 e. The fourth-order valence-corrected chi connectivity index (χ4v) is 4.11. The second kappa shape index (κ2) is 12.4. The molecule has 0 heterocycles. The average molecular weight is 470 g/mol. The fourth-order valence-electron chi connectivity index (χ4n) is 3.89. The number of carbonyl (C=O) groups excluding carboxylic acids is 2. The second-order valence-corrected chi connectivity index (χ2v) is 8.94. The highest BCUT2D eigenvalue weighted by Gasteiger charge is 2.21. The highest BCUT2D eigenvalue weighted by molar-refractivity contribution is 6.30. The maximum Gasteiger partial charge on any atom is 0.240 e. The summed E-state index contributed by atoms with van der Waals surface area (Å²) in [6.45, 7) is 4.19. The van der Waals surface area contributed by atoms with Gasteiger partial charge in [-0.25, -0.2) is 5.43 Å². The molecule has 2 aromatic rings. The van der Waals surface area contributed by atoms with E-state index in [1.54, 1.807) is 6.07 Å². The second-order valence-electron chi connectivity index (χ2n) is 8.50. The average Bonchev–Trinajstić information content (AvgIpc) is 2.82. The Bertz CT molecular complexity index is 1000. The predicted octanol–water partition coefficient (Wildman–Crippen LogP) is 5.87. The number of anilines is 1. The lowest BCUT2D eigenvalue weighted by atomic mass is 9.88. The molecule has 1 fully saturated rings. The Morgan fingerprint density at radius 2 is 1.91 bits per heavy atom. The van der Waals surface area contributed by atoms with Gasteiger partial charge in [0.1, 0.15) is 5.75 Å². The van der Waals surface area contributed by atoms with Crippen LogP contribution in [-0.2, 0) is 9.59 Å². The van der Waals surface area contributed by atoms with Crippen LogP contribution in [0.25, 0.3) is 0 Å². The first-order valence-electron chi connectivity index (χ1n) is 11.6. The van der Waals surface area contributed by atoms with Crippen molar-refractivity contribution >= 4 is 34.8 Å². The van der Waals surface area contributed by atoms with Gasteiger partial charge in [0.2, 0.25) is 11.8 Å². The Kier molecular flexibility index (Phi) is 9.31. The zero-order valence-electron chi connectivity index (χ0n) is 19.3. The quantitative estimate of drug-likeness (QED) is 0.274. The molecule has 0 spiro atoms. The molecule has 7 heteroatoms. The van der Waals surface area contributed by atoms with E-state index in [0.29, 0.717) is 30.2 Å². The van der Waals surface area contributed by atoms with Crippen LogP contribution in [0, 0.1) is 12.8 Å². The predicted molar refractivity (Wildman–Crippen MR) is 133 cm³/mol. The molecule has 2 amide bonds. The molecule has 176 valence electrons. The third-order valence-corrected chi connectivity index (χ3v) is 6.05. The van der Waals surface area contributed by atoms with Crippen LogP contribution in [0.1, 0.15) is 63.0 Å². The fraction of sp³-hybridized carbons (Fsp3) is 0.423. The monoisotopic (exact) mass is 469 g/mol. The number of nitrogens with one attached hydrogen (secondary N) is 2. The van der Waals surface area contributed by atoms with Crippen LogP contribution in [0.15, 0.2) is 47.6 Å². The van der Waals surface area contributed by atoms with Crippen LogP contribution in [0.4, 0.5) is 5.69 Å². The standard InChI is InChI=1S/C26H32ClN3O3/c1-18-16-22(27)13-14-24(18)33-15-7-12-25(31)30-29-19(2)21-10-6-11-23(17-21)28-26(32)20-8-4-3-5-9-20/h6,10-11,13-14,16-17,20H,3-5,7-9,12,15H2,1-2H3,(H,28,32)(H,30,31)/b29-19-. The van der Waals surface area contributed by atoms with Gasteiger partial charge >= 0.3 is 0 Å².